The highest BCUT2D eigenvalue weighted by molar-refractivity contribution is 5.19. The second kappa shape index (κ2) is 9.97. The van der Waals surface area contributed by atoms with Crippen LogP contribution in [0, 0.1) is 0 Å². The molecular formula is C16H20. The van der Waals surface area contributed by atoms with Gasteiger partial charge in [-0.25, -0.2) is 0 Å². The zero-order valence-electron chi connectivity index (χ0n) is 9.76. The van der Waals surface area contributed by atoms with Crippen LogP contribution < -0.4 is 0 Å². The Kier molecular flexibility index (Phi) is 7.80. The summed E-state index contributed by atoms with van der Waals surface area (Å²) in [5.41, 5.74) is 0. The van der Waals surface area contributed by atoms with Crippen LogP contribution in [-0.2, 0) is 0 Å². The molecule has 0 aromatic rings. The van der Waals surface area contributed by atoms with Crippen LogP contribution >= 0.6 is 0 Å². The average molecular weight is 212 g/mol. The molecule has 0 saturated carbocycles. The molecule has 0 amide bonds. The summed E-state index contributed by atoms with van der Waals surface area (Å²) in [6.45, 7) is 0. The summed E-state index contributed by atoms with van der Waals surface area (Å²) in [5.74, 6) is 0. The van der Waals surface area contributed by atoms with Gasteiger partial charge in [0.1, 0.15) is 0 Å². The van der Waals surface area contributed by atoms with E-state index in [1.165, 1.54) is 25.7 Å². The van der Waals surface area contributed by atoms with E-state index in [1.807, 2.05) is 24.3 Å². The Balaban J connectivity index is 2.48. The molecule has 0 unspecified atom stereocenters. The molecule has 0 fully saturated rings. The molecular weight excluding hydrogens is 192 g/mol. The molecule has 84 valence electrons. The molecule has 0 aromatic heterocycles. The lowest BCUT2D eigenvalue weighted by Crippen LogP contribution is -1.71. The van der Waals surface area contributed by atoms with Crippen molar-refractivity contribution in [1.82, 2.24) is 0 Å². The lowest BCUT2D eigenvalue weighted by Gasteiger charge is -1.91. The monoisotopic (exact) mass is 212 g/mol. The van der Waals surface area contributed by atoms with Crippen molar-refractivity contribution >= 4 is 0 Å². The fourth-order valence-corrected chi connectivity index (χ4v) is 1.39. The SMILES string of the molecule is C1=CCCCC/C=C/C=C/C=C\C=C\C=C\1. The Bertz CT molecular complexity index is 288. The molecule has 0 heteroatoms. The number of rotatable bonds is 0. The van der Waals surface area contributed by atoms with Gasteiger partial charge in [0.05, 0.1) is 0 Å². The van der Waals surface area contributed by atoms with Crippen molar-refractivity contribution in [2.75, 3.05) is 0 Å². The van der Waals surface area contributed by atoms with Crippen LogP contribution in [0.4, 0.5) is 0 Å². The highest BCUT2D eigenvalue weighted by atomic mass is 13.9. The van der Waals surface area contributed by atoms with Gasteiger partial charge in [-0.15, -0.1) is 0 Å². The van der Waals surface area contributed by atoms with Gasteiger partial charge in [-0.05, 0) is 25.7 Å². The molecule has 0 atom stereocenters. The number of hydrogen-bond acceptors (Lipinski definition) is 0. The molecule has 0 aromatic carbocycles. The lowest BCUT2D eigenvalue weighted by molar-refractivity contribution is 0.762. The molecule has 1 aliphatic carbocycles. The van der Waals surface area contributed by atoms with E-state index in [0.717, 1.165) is 0 Å². The van der Waals surface area contributed by atoms with Crippen LogP contribution in [0.3, 0.4) is 0 Å². The quantitative estimate of drug-likeness (QED) is 0.536. The van der Waals surface area contributed by atoms with E-state index in [9.17, 15) is 0 Å². The summed E-state index contributed by atoms with van der Waals surface area (Å²) in [4.78, 5) is 0. The zero-order valence-corrected chi connectivity index (χ0v) is 9.76. The zero-order chi connectivity index (χ0) is 11.3. The normalized spacial score (nSPS) is 28.0. The second-order valence-electron chi connectivity index (χ2n) is 3.68. The highest BCUT2D eigenvalue weighted by Gasteiger charge is 1.82. The third-order valence-electron chi connectivity index (χ3n) is 2.26. The van der Waals surface area contributed by atoms with Gasteiger partial charge in [-0.2, -0.15) is 0 Å². The van der Waals surface area contributed by atoms with E-state index < -0.39 is 0 Å². The van der Waals surface area contributed by atoms with Crippen molar-refractivity contribution in [2.45, 2.75) is 25.7 Å². The van der Waals surface area contributed by atoms with Gasteiger partial charge in [0.25, 0.3) is 0 Å². The predicted molar refractivity (Wildman–Crippen MR) is 73.3 cm³/mol. The molecule has 1 aliphatic rings. The van der Waals surface area contributed by atoms with E-state index in [2.05, 4.69) is 48.6 Å². The minimum atomic E-state index is 1.18. The maximum Gasteiger partial charge on any atom is -0.0347 e. The highest BCUT2D eigenvalue weighted by Crippen LogP contribution is 2.02. The Hall–Kier alpha value is -1.56. The van der Waals surface area contributed by atoms with Crippen molar-refractivity contribution < 1.29 is 0 Å². The Morgan fingerprint density at radius 1 is 0.375 bits per heavy atom. The molecule has 0 N–H and O–H groups in total. The molecule has 0 heterocycles. The van der Waals surface area contributed by atoms with Crippen molar-refractivity contribution in [2.24, 2.45) is 0 Å². The van der Waals surface area contributed by atoms with Gasteiger partial charge < -0.3 is 0 Å². The Morgan fingerprint density at radius 3 is 1.06 bits per heavy atom. The smallest absolute Gasteiger partial charge is 0.0347 e. The fourth-order valence-electron chi connectivity index (χ4n) is 1.39. The average Bonchev–Trinajstić information content (AvgIpc) is 2.29. The van der Waals surface area contributed by atoms with Crippen LogP contribution in [0.1, 0.15) is 25.7 Å². The molecule has 0 saturated heterocycles. The van der Waals surface area contributed by atoms with Gasteiger partial charge in [0, 0.05) is 0 Å². The van der Waals surface area contributed by atoms with Gasteiger partial charge in [0.2, 0.25) is 0 Å². The molecule has 1 rings (SSSR count). The lowest BCUT2D eigenvalue weighted by atomic mass is 10.2. The van der Waals surface area contributed by atoms with Gasteiger partial charge in [0.15, 0.2) is 0 Å². The molecule has 0 radical (unpaired) electrons. The molecule has 0 spiro atoms. The third kappa shape index (κ3) is 7.81. The summed E-state index contributed by atoms with van der Waals surface area (Å²) in [6.07, 6.45) is 30.0. The van der Waals surface area contributed by atoms with Crippen LogP contribution in [0.2, 0.25) is 0 Å². The summed E-state index contributed by atoms with van der Waals surface area (Å²) in [7, 11) is 0. The molecule has 0 bridgehead atoms. The first-order valence-corrected chi connectivity index (χ1v) is 5.98. The maximum absolute atomic E-state index is 2.23. The Morgan fingerprint density at radius 2 is 0.688 bits per heavy atom. The number of hydrogen-bond donors (Lipinski definition) is 0. The summed E-state index contributed by atoms with van der Waals surface area (Å²) in [6, 6.07) is 0. The van der Waals surface area contributed by atoms with Gasteiger partial charge in [-0.3, -0.25) is 0 Å². The number of allylic oxidation sites excluding steroid dienone is 12. The largest absolute Gasteiger partial charge is 0.0845 e. The fraction of sp³-hybridized carbons (Fsp3) is 0.250. The van der Waals surface area contributed by atoms with E-state index >= 15 is 0 Å². The van der Waals surface area contributed by atoms with Gasteiger partial charge >= 0.3 is 0 Å². The van der Waals surface area contributed by atoms with Gasteiger partial charge in [-0.1, -0.05) is 72.9 Å². The van der Waals surface area contributed by atoms with Crippen molar-refractivity contribution in [3.8, 4) is 0 Å². The molecule has 0 aliphatic heterocycles. The Labute approximate surface area is 99.1 Å². The van der Waals surface area contributed by atoms with Crippen molar-refractivity contribution in [3.63, 3.8) is 0 Å². The van der Waals surface area contributed by atoms with E-state index in [4.69, 9.17) is 0 Å². The van der Waals surface area contributed by atoms with Crippen LogP contribution in [0.25, 0.3) is 0 Å². The topological polar surface area (TPSA) is 0 Å². The van der Waals surface area contributed by atoms with E-state index in [1.54, 1.807) is 0 Å². The van der Waals surface area contributed by atoms with Crippen LogP contribution in [0.5, 0.6) is 0 Å². The van der Waals surface area contributed by atoms with Crippen molar-refractivity contribution in [3.05, 3.63) is 72.9 Å². The summed E-state index contributed by atoms with van der Waals surface area (Å²) < 4.78 is 0. The van der Waals surface area contributed by atoms with E-state index in [0.29, 0.717) is 0 Å². The second-order valence-corrected chi connectivity index (χ2v) is 3.68. The standard InChI is InChI=1S/C16H20/c1-2-4-6-8-10-12-14-16-15-13-11-9-7-5-3-1/h1-12H,13-16H2/b3-1-,4-2+,7-5+,8-6+,11-9+,12-10?. The minimum absolute atomic E-state index is 1.18. The summed E-state index contributed by atoms with van der Waals surface area (Å²) in [5, 5.41) is 0. The van der Waals surface area contributed by atoms with Crippen LogP contribution in [-0.4, -0.2) is 0 Å². The van der Waals surface area contributed by atoms with Crippen LogP contribution in [0.15, 0.2) is 72.9 Å². The first kappa shape index (κ1) is 12.5. The first-order chi connectivity index (χ1) is 8.00. The molecule has 0 nitrogen and oxygen atoms in total. The first-order valence-electron chi connectivity index (χ1n) is 5.98. The maximum atomic E-state index is 2.23. The van der Waals surface area contributed by atoms with E-state index in [-0.39, 0.29) is 0 Å². The molecule has 16 heavy (non-hydrogen) atoms. The van der Waals surface area contributed by atoms with Crippen molar-refractivity contribution in [1.29, 1.82) is 0 Å². The third-order valence-corrected chi connectivity index (χ3v) is 2.26. The summed E-state index contributed by atoms with van der Waals surface area (Å²) >= 11 is 0. The predicted octanol–water partition coefficient (Wildman–Crippen LogP) is 4.90. The minimum Gasteiger partial charge on any atom is -0.0845 e.